The van der Waals surface area contributed by atoms with Crippen molar-refractivity contribution in [2.75, 3.05) is 14.2 Å². The van der Waals surface area contributed by atoms with Gasteiger partial charge in [-0.05, 0) is 34.4 Å². The number of carbonyl (C=O) groups is 6. The highest BCUT2D eigenvalue weighted by Gasteiger charge is 2.33. The number of esters is 2. The van der Waals surface area contributed by atoms with Crippen LogP contribution in [-0.4, -0.2) is 67.4 Å². The molecule has 0 unspecified atom stereocenters. The van der Waals surface area contributed by atoms with Crippen LogP contribution in [0.5, 0.6) is 0 Å². The van der Waals surface area contributed by atoms with Crippen molar-refractivity contribution in [3.05, 3.63) is 143 Å². The molecule has 5 rings (SSSR count). The molecule has 1 fully saturated rings. The van der Waals surface area contributed by atoms with E-state index in [2.05, 4.69) is 19.6 Å². The van der Waals surface area contributed by atoms with Crippen molar-refractivity contribution in [3.8, 4) is 0 Å². The zero-order valence-electron chi connectivity index (χ0n) is 31.0. The minimum atomic E-state index is -1.07. The quantitative estimate of drug-likeness (QED) is 0.104. The summed E-state index contributed by atoms with van der Waals surface area (Å²) in [5.74, 6) is -3.07. The fourth-order valence-electron chi connectivity index (χ4n) is 4.74. The second-order valence-electron chi connectivity index (χ2n) is 11.7. The van der Waals surface area contributed by atoms with Crippen molar-refractivity contribution in [1.82, 2.24) is 10.4 Å². The number of hydroxylamine groups is 2. The van der Waals surface area contributed by atoms with Gasteiger partial charge in [-0.15, -0.1) is 12.4 Å². The van der Waals surface area contributed by atoms with Crippen molar-refractivity contribution in [1.29, 1.82) is 0 Å². The SMILES string of the molecule is COC(=O)[C@@H](Cc1ccccc1F)NC(=O)OCc1ccccc1.COC(=O)[C@H](N)Cc1ccccc1F.Cl.O=C(OCc1ccccc1)ON1C(=O)CCC1=O. The van der Waals surface area contributed by atoms with Crippen molar-refractivity contribution >= 4 is 48.4 Å². The molecule has 0 aliphatic carbocycles. The van der Waals surface area contributed by atoms with Crippen LogP contribution >= 0.6 is 12.4 Å². The molecule has 304 valence electrons. The fraction of sp³-hybridized carbons (Fsp3) is 0.250. The summed E-state index contributed by atoms with van der Waals surface area (Å²) in [5, 5.41) is 2.86. The molecule has 0 radical (unpaired) electrons. The fourth-order valence-corrected chi connectivity index (χ4v) is 4.74. The molecule has 1 heterocycles. The largest absolute Gasteiger partial charge is 0.534 e. The Bertz CT molecular complexity index is 1910. The molecule has 14 nitrogen and oxygen atoms in total. The number of hydrogen-bond acceptors (Lipinski definition) is 12. The zero-order chi connectivity index (χ0) is 40.9. The number of amides is 3. The average Bonchev–Trinajstić information content (AvgIpc) is 3.53. The van der Waals surface area contributed by atoms with Crippen LogP contribution in [0.1, 0.15) is 35.1 Å². The van der Waals surface area contributed by atoms with E-state index in [1.807, 2.05) is 36.4 Å². The molecule has 1 aliphatic heterocycles. The molecule has 4 aromatic carbocycles. The minimum absolute atomic E-state index is 0. The number of carbonyl (C=O) groups excluding carboxylic acids is 6. The van der Waals surface area contributed by atoms with Crippen LogP contribution < -0.4 is 11.1 Å². The van der Waals surface area contributed by atoms with Crippen LogP contribution in [0.4, 0.5) is 18.4 Å². The number of rotatable bonds is 12. The van der Waals surface area contributed by atoms with Crippen molar-refractivity contribution in [2.45, 2.75) is 51.0 Å². The molecule has 0 saturated carbocycles. The maximum absolute atomic E-state index is 13.7. The smallest absolute Gasteiger partial charge is 0.468 e. The molecule has 0 spiro atoms. The first-order valence-corrected chi connectivity index (χ1v) is 17.0. The first-order valence-electron chi connectivity index (χ1n) is 17.0. The number of nitrogens with one attached hydrogen (secondary N) is 1. The number of imide groups is 1. The summed E-state index contributed by atoms with van der Waals surface area (Å²) >= 11 is 0. The van der Waals surface area contributed by atoms with Crippen LogP contribution in [0.25, 0.3) is 0 Å². The van der Waals surface area contributed by atoms with Gasteiger partial charge in [0.1, 0.15) is 36.9 Å². The molecule has 3 N–H and O–H groups in total. The van der Waals surface area contributed by atoms with E-state index in [0.717, 1.165) is 11.1 Å². The monoisotopic (exact) mass is 813 g/mol. The third kappa shape index (κ3) is 16.5. The first kappa shape index (κ1) is 46.8. The molecule has 3 amide bonds. The van der Waals surface area contributed by atoms with E-state index in [1.54, 1.807) is 60.7 Å². The third-order valence-corrected chi connectivity index (χ3v) is 7.65. The zero-order valence-corrected chi connectivity index (χ0v) is 31.8. The number of halogens is 3. The van der Waals surface area contributed by atoms with E-state index >= 15 is 0 Å². The maximum Gasteiger partial charge on any atom is 0.534 e. The van der Waals surface area contributed by atoms with Gasteiger partial charge in [-0.3, -0.25) is 19.2 Å². The Morgan fingerprint density at radius 3 is 1.58 bits per heavy atom. The average molecular weight is 814 g/mol. The van der Waals surface area contributed by atoms with Crippen molar-refractivity contribution in [3.63, 3.8) is 0 Å². The van der Waals surface area contributed by atoms with Gasteiger partial charge in [0.15, 0.2) is 0 Å². The van der Waals surface area contributed by atoms with E-state index in [-0.39, 0.29) is 57.1 Å². The number of alkyl carbamates (subject to hydrolysis) is 1. The van der Waals surface area contributed by atoms with Gasteiger partial charge >= 0.3 is 24.2 Å². The topological polar surface area (TPSA) is 190 Å². The Morgan fingerprint density at radius 2 is 1.11 bits per heavy atom. The Morgan fingerprint density at radius 1 is 0.667 bits per heavy atom. The summed E-state index contributed by atoms with van der Waals surface area (Å²) in [5.41, 5.74) is 7.81. The lowest BCUT2D eigenvalue weighted by atomic mass is 10.1. The predicted octanol–water partition coefficient (Wildman–Crippen LogP) is 5.53. The van der Waals surface area contributed by atoms with E-state index in [1.165, 1.54) is 26.4 Å². The number of nitrogens with two attached hydrogens (primary N) is 1. The lowest BCUT2D eigenvalue weighted by molar-refractivity contribution is -0.177. The van der Waals surface area contributed by atoms with Gasteiger partial charge in [0.2, 0.25) is 0 Å². The van der Waals surface area contributed by atoms with E-state index in [4.69, 9.17) is 15.2 Å². The summed E-state index contributed by atoms with van der Waals surface area (Å²) < 4.78 is 45.8. The molecule has 17 heteroatoms. The highest BCUT2D eigenvalue weighted by Crippen LogP contribution is 2.14. The van der Waals surface area contributed by atoms with E-state index in [0.29, 0.717) is 16.2 Å². The lowest BCUT2D eigenvalue weighted by Gasteiger charge is -2.17. The van der Waals surface area contributed by atoms with Crippen molar-refractivity contribution in [2.24, 2.45) is 5.73 Å². The maximum atomic E-state index is 13.7. The molecular weight excluding hydrogens is 772 g/mol. The number of hydrogen-bond donors (Lipinski definition) is 2. The van der Waals surface area contributed by atoms with Gasteiger partial charge in [-0.25, -0.2) is 23.2 Å². The second-order valence-corrected chi connectivity index (χ2v) is 11.7. The number of nitrogens with zero attached hydrogens (tertiary/aromatic N) is 1. The summed E-state index contributed by atoms with van der Waals surface area (Å²) in [6.45, 7) is 0.0934. The minimum Gasteiger partial charge on any atom is -0.468 e. The van der Waals surface area contributed by atoms with Crippen LogP contribution in [0, 0.1) is 11.6 Å². The third-order valence-electron chi connectivity index (χ3n) is 7.65. The number of benzene rings is 4. The number of methoxy groups -OCH3 is 2. The van der Waals surface area contributed by atoms with E-state index in [9.17, 15) is 37.5 Å². The van der Waals surface area contributed by atoms with Gasteiger partial charge in [0.25, 0.3) is 11.8 Å². The van der Waals surface area contributed by atoms with Crippen LogP contribution in [0.15, 0.2) is 109 Å². The molecule has 57 heavy (non-hydrogen) atoms. The standard InChI is InChI=1S/C18H18FNO4.C12H11NO5.C10H12FNO2.ClH/c1-23-17(21)16(11-14-9-5-6-10-15(14)19)20-18(22)24-12-13-7-3-2-4-8-13;14-10-6-7-11(15)13(10)18-12(16)17-8-9-4-2-1-3-5-9;1-14-10(13)9(12)6-7-4-2-3-5-8(7)11;/h2-10,16H,11-12H2,1H3,(H,20,22);1-5H,6-8H2;2-5,9H,6,12H2,1H3;1H/t16-;;9-;/m1.1./s1. The Balaban J connectivity index is 0.000000304. The molecule has 1 saturated heterocycles. The van der Waals surface area contributed by atoms with Gasteiger partial charge in [-0.1, -0.05) is 102 Å². The van der Waals surface area contributed by atoms with Crippen LogP contribution in [0.2, 0.25) is 0 Å². The molecule has 4 aromatic rings. The molecule has 0 aromatic heterocycles. The molecule has 0 bridgehead atoms. The normalized spacial score (nSPS) is 12.5. The molecule has 1 aliphatic rings. The molecule has 2 atom stereocenters. The van der Waals surface area contributed by atoms with Crippen LogP contribution in [-0.2, 0) is 69.0 Å². The summed E-state index contributed by atoms with van der Waals surface area (Å²) in [7, 11) is 2.46. The van der Waals surface area contributed by atoms with Crippen molar-refractivity contribution < 1.29 is 61.3 Å². The van der Waals surface area contributed by atoms with Crippen LogP contribution in [0.3, 0.4) is 0 Å². The number of ether oxygens (including phenoxy) is 4. The first-order chi connectivity index (χ1) is 26.9. The lowest BCUT2D eigenvalue weighted by Crippen LogP contribution is -2.43. The summed E-state index contributed by atoms with van der Waals surface area (Å²) in [6, 6.07) is 28.5. The highest BCUT2D eigenvalue weighted by atomic mass is 35.5. The predicted molar refractivity (Wildman–Crippen MR) is 202 cm³/mol. The Kier molecular flexibility index (Phi) is 20.4. The Hall–Kier alpha value is -6.39. The summed E-state index contributed by atoms with van der Waals surface area (Å²) in [6.07, 6.45) is -1.60. The second kappa shape index (κ2) is 24.9. The van der Waals surface area contributed by atoms with E-state index < -0.39 is 53.9 Å². The van der Waals surface area contributed by atoms with Gasteiger partial charge in [0.05, 0.1) is 14.2 Å². The highest BCUT2D eigenvalue weighted by molar-refractivity contribution is 6.01. The van der Waals surface area contributed by atoms with Gasteiger partial charge in [0, 0.05) is 25.7 Å². The van der Waals surface area contributed by atoms with Gasteiger partial charge in [-0.2, -0.15) is 0 Å². The van der Waals surface area contributed by atoms with Gasteiger partial charge < -0.3 is 30.0 Å². The summed E-state index contributed by atoms with van der Waals surface area (Å²) in [4.78, 5) is 72.8. The molecular formula is C40H42ClF2N3O11. The Labute approximate surface area is 333 Å².